The Balaban J connectivity index is 0.000000459. The van der Waals surface area contributed by atoms with Gasteiger partial charge in [-0.05, 0) is 37.1 Å². The van der Waals surface area contributed by atoms with Crippen LogP contribution in [0.1, 0.15) is 43.6 Å². The van der Waals surface area contributed by atoms with Crippen LogP contribution in [0, 0.1) is 0 Å². The van der Waals surface area contributed by atoms with Gasteiger partial charge in [0.1, 0.15) is 0 Å². The van der Waals surface area contributed by atoms with Gasteiger partial charge in [0, 0.05) is 6.54 Å². The number of carbonyl (C=O) groups is 1. The van der Waals surface area contributed by atoms with Crippen LogP contribution in [0.2, 0.25) is 0 Å². The lowest BCUT2D eigenvalue weighted by molar-refractivity contribution is 0.0697. The van der Waals surface area contributed by atoms with E-state index in [1.807, 2.05) is 19.2 Å². The number of likely N-dealkylation sites (N-methyl/N-ethyl adjacent to an activating group) is 1. The van der Waals surface area contributed by atoms with Crippen molar-refractivity contribution in [3.8, 4) is 0 Å². The second-order valence-corrected chi connectivity index (χ2v) is 5.54. The minimum atomic E-state index is -0.875. The highest BCUT2D eigenvalue weighted by Gasteiger charge is 2.13. The molecule has 4 nitrogen and oxygen atoms in total. The lowest BCUT2D eigenvalue weighted by Gasteiger charge is -2.18. The van der Waals surface area contributed by atoms with Gasteiger partial charge in [0.2, 0.25) is 0 Å². The van der Waals surface area contributed by atoms with E-state index >= 15 is 0 Å². The zero-order valence-electron chi connectivity index (χ0n) is 12.4. The molecule has 0 bridgehead atoms. The molecule has 0 aliphatic rings. The van der Waals surface area contributed by atoms with Gasteiger partial charge in [0.05, 0.1) is 11.7 Å². The molecule has 3 N–H and O–H groups in total. The van der Waals surface area contributed by atoms with E-state index in [1.54, 1.807) is 19.1 Å². The number of carboxylic acid groups (broad SMARTS) is 1. The summed E-state index contributed by atoms with van der Waals surface area (Å²) in [5.74, 6) is -0.875. The third kappa shape index (κ3) is 7.59. The average molecular weight is 267 g/mol. The number of carboxylic acids is 1. The van der Waals surface area contributed by atoms with Crippen molar-refractivity contribution in [3.63, 3.8) is 0 Å². The number of hydrogen-bond acceptors (Lipinski definition) is 3. The quantitative estimate of drug-likeness (QED) is 0.785. The molecule has 0 aliphatic heterocycles. The molecular weight excluding hydrogens is 242 g/mol. The van der Waals surface area contributed by atoms with E-state index in [0.717, 1.165) is 5.56 Å². The molecule has 0 heterocycles. The Kier molecular flexibility index (Phi) is 7.34. The third-order valence-corrected chi connectivity index (χ3v) is 2.50. The van der Waals surface area contributed by atoms with Gasteiger partial charge in [-0.1, -0.05) is 32.9 Å². The summed E-state index contributed by atoms with van der Waals surface area (Å²) < 4.78 is 0. The molecule has 0 aromatic heterocycles. The Labute approximate surface area is 115 Å². The third-order valence-electron chi connectivity index (χ3n) is 2.50. The molecule has 108 valence electrons. The zero-order chi connectivity index (χ0) is 15.1. The standard InChI is InChI=1S/C11H14O2.C4H11NO/c1-11(2,3)9-6-4-8(5-7-9)10(12)13;1-4(6)3-5-2/h4-7H,1-3H3,(H,12,13);4-6H,3H2,1-2H3. The van der Waals surface area contributed by atoms with Crippen LogP contribution in [0.5, 0.6) is 0 Å². The van der Waals surface area contributed by atoms with Crippen molar-refractivity contribution in [3.05, 3.63) is 35.4 Å². The van der Waals surface area contributed by atoms with Crippen LogP contribution in [0.4, 0.5) is 0 Å². The van der Waals surface area contributed by atoms with E-state index in [0.29, 0.717) is 12.1 Å². The summed E-state index contributed by atoms with van der Waals surface area (Å²) in [4.78, 5) is 10.6. The first-order chi connectivity index (χ1) is 8.68. The summed E-state index contributed by atoms with van der Waals surface area (Å²) in [6, 6.07) is 7.01. The molecule has 0 fully saturated rings. The fraction of sp³-hybridized carbons (Fsp3) is 0.533. The van der Waals surface area contributed by atoms with Crippen molar-refractivity contribution in [1.82, 2.24) is 5.32 Å². The summed E-state index contributed by atoms with van der Waals surface area (Å²) in [7, 11) is 1.81. The Bertz CT molecular complexity index is 377. The van der Waals surface area contributed by atoms with E-state index in [9.17, 15) is 4.79 Å². The lowest BCUT2D eigenvalue weighted by Crippen LogP contribution is -2.19. The molecule has 1 atom stereocenters. The van der Waals surface area contributed by atoms with E-state index < -0.39 is 5.97 Å². The minimum Gasteiger partial charge on any atom is -0.478 e. The normalized spacial score (nSPS) is 12.3. The smallest absolute Gasteiger partial charge is 0.335 e. The number of aliphatic hydroxyl groups is 1. The first kappa shape index (κ1) is 17.6. The van der Waals surface area contributed by atoms with Gasteiger partial charge in [0.25, 0.3) is 0 Å². The van der Waals surface area contributed by atoms with Gasteiger partial charge >= 0.3 is 5.97 Å². The SMILES string of the molecule is CC(C)(C)c1ccc(C(=O)O)cc1.CNCC(C)O. The summed E-state index contributed by atoms with van der Waals surface area (Å²) in [5, 5.41) is 20.0. The number of rotatable bonds is 3. The van der Waals surface area contributed by atoms with Crippen molar-refractivity contribution in [1.29, 1.82) is 0 Å². The average Bonchev–Trinajstić information content (AvgIpc) is 2.28. The molecule has 0 amide bonds. The van der Waals surface area contributed by atoms with E-state index in [-0.39, 0.29) is 11.5 Å². The minimum absolute atomic E-state index is 0.0804. The number of benzene rings is 1. The molecular formula is C15H25NO3. The van der Waals surface area contributed by atoms with Crippen LogP contribution in [0.15, 0.2) is 24.3 Å². The predicted molar refractivity (Wildman–Crippen MR) is 77.7 cm³/mol. The summed E-state index contributed by atoms with van der Waals surface area (Å²) in [6.07, 6.45) is -0.213. The molecule has 1 unspecified atom stereocenters. The van der Waals surface area contributed by atoms with Gasteiger partial charge in [-0.15, -0.1) is 0 Å². The summed E-state index contributed by atoms with van der Waals surface area (Å²) in [5.41, 5.74) is 1.57. The fourth-order valence-electron chi connectivity index (χ4n) is 1.41. The second-order valence-electron chi connectivity index (χ2n) is 5.54. The van der Waals surface area contributed by atoms with Crippen LogP contribution >= 0.6 is 0 Å². The Morgan fingerprint density at radius 3 is 1.95 bits per heavy atom. The van der Waals surface area contributed by atoms with Gasteiger partial charge in [-0.3, -0.25) is 0 Å². The molecule has 1 aromatic carbocycles. The molecule has 0 saturated carbocycles. The number of aromatic carboxylic acids is 1. The maximum atomic E-state index is 10.6. The molecule has 0 spiro atoms. The van der Waals surface area contributed by atoms with Crippen molar-refractivity contribution < 1.29 is 15.0 Å². The molecule has 0 saturated heterocycles. The molecule has 0 radical (unpaired) electrons. The molecule has 0 aliphatic carbocycles. The molecule has 1 rings (SSSR count). The highest BCUT2D eigenvalue weighted by molar-refractivity contribution is 5.87. The monoisotopic (exact) mass is 267 g/mol. The first-order valence-corrected chi connectivity index (χ1v) is 6.35. The number of aliphatic hydroxyl groups excluding tert-OH is 1. The largest absolute Gasteiger partial charge is 0.478 e. The van der Waals surface area contributed by atoms with Gasteiger partial charge < -0.3 is 15.5 Å². The number of hydrogen-bond donors (Lipinski definition) is 3. The van der Waals surface area contributed by atoms with Crippen LogP contribution in [-0.2, 0) is 5.41 Å². The van der Waals surface area contributed by atoms with Gasteiger partial charge in [-0.25, -0.2) is 4.79 Å². The highest BCUT2D eigenvalue weighted by Crippen LogP contribution is 2.21. The Morgan fingerprint density at radius 1 is 1.26 bits per heavy atom. The predicted octanol–water partition coefficient (Wildman–Crippen LogP) is 2.27. The van der Waals surface area contributed by atoms with Crippen LogP contribution < -0.4 is 5.32 Å². The number of nitrogens with one attached hydrogen (secondary N) is 1. The van der Waals surface area contributed by atoms with E-state index in [2.05, 4.69) is 26.1 Å². The lowest BCUT2D eigenvalue weighted by atomic mass is 9.87. The van der Waals surface area contributed by atoms with E-state index in [4.69, 9.17) is 10.2 Å². The van der Waals surface area contributed by atoms with Crippen molar-refractivity contribution in [2.45, 2.75) is 39.2 Å². The van der Waals surface area contributed by atoms with E-state index in [1.165, 1.54) is 0 Å². The zero-order valence-corrected chi connectivity index (χ0v) is 12.4. The highest BCUT2D eigenvalue weighted by atomic mass is 16.4. The summed E-state index contributed by atoms with van der Waals surface area (Å²) >= 11 is 0. The molecule has 1 aromatic rings. The maximum absolute atomic E-state index is 10.6. The second kappa shape index (κ2) is 7.92. The van der Waals surface area contributed by atoms with Gasteiger partial charge in [-0.2, -0.15) is 0 Å². The first-order valence-electron chi connectivity index (χ1n) is 6.35. The van der Waals surface area contributed by atoms with Crippen molar-refractivity contribution in [2.75, 3.05) is 13.6 Å². The van der Waals surface area contributed by atoms with Crippen LogP contribution in [-0.4, -0.2) is 35.9 Å². The van der Waals surface area contributed by atoms with Crippen molar-refractivity contribution in [2.24, 2.45) is 0 Å². The van der Waals surface area contributed by atoms with Crippen LogP contribution in [0.25, 0.3) is 0 Å². The van der Waals surface area contributed by atoms with Crippen molar-refractivity contribution >= 4 is 5.97 Å². The van der Waals surface area contributed by atoms with Gasteiger partial charge in [0.15, 0.2) is 0 Å². The fourth-order valence-corrected chi connectivity index (χ4v) is 1.41. The molecule has 19 heavy (non-hydrogen) atoms. The maximum Gasteiger partial charge on any atom is 0.335 e. The summed E-state index contributed by atoms with van der Waals surface area (Å²) in [6.45, 7) is 8.73. The Hall–Kier alpha value is -1.39. The Morgan fingerprint density at radius 2 is 1.74 bits per heavy atom. The van der Waals surface area contributed by atoms with Crippen LogP contribution in [0.3, 0.4) is 0 Å². The molecule has 4 heteroatoms. The topological polar surface area (TPSA) is 69.6 Å².